The minimum Gasteiger partial charge on any atom is -0.497 e. The number of anilines is 2. The molecule has 0 aliphatic heterocycles. The summed E-state index contributed by atoms with van der Waals surface area (Å²) in [6, 6.07) is 29.9. The molecule has 0 atom stereocenters. The summed E-state index contributed by atoms with van der Waals surface area (Å²) in [6.07, 6.45) is 1.53. The molecule has 29 heavy (non-hydrogen) atoms. The van der Waals surface area contributed by atoms with Gasteiger partial charge in [0.1, 0.15) is 11.6 Å². The summed E-state index contributed by atoms with van der Waals surface area (Å²) in [5.74, 6) is 1.43. The first-order chi connectivity index (χ1) is 14.3. The van der Waals surface area contributed by atoms with E-state index in [1.807, 2.05) is 66.7 Å². The van der Waals surface area contributed by atoms with Crippen molar-refractivity contribution in [3.05, 3.63) is 119 Å². The first-order valence-corrected chi connectivity index (χ1v) is 9.35. The van der Waals surface area contributed by atoms with Crippen LogP contribution in [0.2, 0.25) is 0 Å². The van der Waals surface area contributed by atoms with E-state index in [1.165, 1.54) is 6.20 Å². The van der Waals surface area contributed by atoms with Gasteiger partial charge < -0.3 is 9.64 Å². The number of ether oxygens (including phenoxy) is 1. The third kappa shape index (κ3) is 4.04. The highest BCUT2D eigenvalue weighted by atomic mass is 16.5. The van der Waals surface area contributed by atoms with E-state index in [9.17, 15) is 4.79 Å². The molecule has 0 saturated carbocycles. The predicted molar refractivity (Wildman–Crippen MR) is 115 cm³/mol. The molecule has 5 heteroatoms. The normalized spacial score (nSPS) is 10.7. The number of hydrogen-bond donors (Lipinski definition) is 1. The van der Waals surface area contributed by atoms with Gasteiger partial charge in [0, 0.05) is 11.9 Å². The lowest BCUT2D eigenvalue weighted by molar-refractivity contribution is 0.415. The van der Waals surface area contributed by atoms with Gasteiger partial charge in [0.25, 0.3) is 0 Å². The molecule has 0 aliphatic rings. The Balaban J connectivity index is 1.94. The molecular formula is C24H21N3O2. The zero-order valence-corrected chi connectivity index (χ0v) is 16.0. The molecule has 144 valence electrons. The van der Waals surface area contributed by atoms with Gasteiger partial charge in [-0.3, -0.25) is 4.98 Å². The molecule has 0 aliphatic carbocycles. The summed E-state index contributed by atoms with van der Waals surface area (Å²) in [6.45, 7) is 0. The maximum Gasteiger partial charge on any atom is 0.346 e. The molecular weight excluding hydrogens is 362 g/mol. The van der Waals surface area contributed by atoms with E-state index in [4.69, 9.17) is 4.74 Å². The van der Waals surface area contributed by atoms with Gasteiger partial charge in [-0.2, -0.15) is 0 Å². The van der Waals surface area contributed by atoms with E-state index >= 15 is 0 Å². The van der Waals surface area contributed by atoms with Crippen molar-refractivity contribution >= 4 is 11.5 Å². The maximum atomic E-state index is 12.0. The van der Waals surface area contributed by atoms with E-state index in [1.54, 1.807) is 7.11 Å². The van der Waals surface area contributed by atoms with Crippen LogP contribution in [0.3, 0.4) is 0 Å². The highest BCUT2D eigenvalue weighted by Crippen LogP contribution is 2.38. The fourth-order valence-corrected chi connectivity index (χ4v) is 3.43. The number of aromatic nitrogens is 2. The minimum absolute atomic E-state index is 0.149. The summed E-state index contributed by atoms with van der Waals surface area (Å²) in [5.41, 5.74) is 2.74. The van der Waals surface area contributed by atoms with Crippen LogP contribution in [0.15, 0.2) is 102 Å². The van der Waals surface area contributed by atoms with Gasteiger partial charge >= 0.3 is 5.69 Å². The average molecular weight is 383 g/mol. The molecule has 0 fully saturated rings. The second-order valence-corrected chi connectivity index (χ2v) is 6.55. The van der Waals surface area contributed by atoms with Crippen LogP contribution in [0.4, 0.5) is 11.5 Å². The molecule has 4 rings (SSSR count). The number of nitrogens with zero attached hydrogens (tertiary/aromatic N) is 2. The lowest BCUT2D eigenvalue weighted by Crippen LogP contribution is -2.27. The van der Waals surface area contributed by atoms with Crippen molar-refractivity contribution in [3.8, 4) is 5.75 Å². The Morgan fingerprint density at radius 3 is 1.93 bits per heavy atom. The van der Waals surface area contributed by atoms with Gasteiger partial charge in [0.2, 0.25) is 0 Å². The first-order valence-electron chi connectivity index (χ1n) is 9.35. The van der Waals surface area contributed by atoms with Crippen molar-refractivity contribution in [2.75, 3.05) is 12.0 Å². The smallest absolute Gasteiger partial charge is 0.346 e. The van der Waals surface area contributed by atoms with Gasteiger partial charge in [-0.15, -0.1) is 0 Å². The third-order valence-corrected chi connectivity index (χ3v) is 4.76. The number of H-pyrrole nitrogens is 1. The minimum atomic E-state index is -0.388. The van der Waals surface area contributed by atoms with Gasteiger partial charge in [-0.05, 0) is 41.5 Å². The molecule has 1 N–H and O–H groups in total. The van der Waals surface area contributed by atoms with E-state index in [0.29, 0.717) is 5.82 Å². The van der Waals surface area contributed by atoms with Crippen LogP contribution >= 0.6 is 0 Å². The Kier molecular flexibility index (Phi) is 5.38. The molecule has 3 aromatic carbocycles. The van der Waals surface area contributed by atoms with E-state index in [0.717, 1.165) is 22.6 Å². The molecule has 0 saturated heterocycles. The molecule has 1 heterocycles. The van der Waals surface area contributed by atoms with Crippen LogP contribution in [-0.4, -0.2) is 17.1 Å². The lowest BCUT2D eigenvalue weighted by Gasteiger charge is -2.34. The fraction of sp³-hybridized carbons (Fsp3) is 0.0833. The van der Waals surface area contributed by atoms with Crippen molar-refractivity contribution in [3.63, 3.8) is 0 Å². The zero-order chi connectivity index (χ0) is 20.1. The van der Waals surface area contributed by atoms with Crippen molar-refractivity contribution in [2.24, 2.45) is 0 Å². The quantitative estimate of drug-likeness (QED) is 0.524. The largest absolute Gasteiger partial charge is 0.497 e. The van der Waals surface area contributed by atoms with Gasteiger partial charge in [-0.1, -0.05) is 60.7 Å². The van der Waals surface area contributed by atoms with Crippen LogP contribution in [-0.2, 0) is 0 Å². The SMILES string of the molecule is COc1ccc(N(c2ccnc(=O)[nH]2)C(c2ccccc2)c2ccccc2)cc1. The third-order valence-electron chi connectivity index (χ3n) is 4.76. The monoisotopic (exact) mass is 383 g/mol. The summed E-state index contributed by atoms with van der Waals surface area (Å²) in [4.78, 5) is 20.8. The summed E-state index contributed by atoms with van der Waals surface area (Å²) in [5, 5.41) is 0. The van der Waals surface area contributed by atoms with Crippen LogP contribution in [0.1, 0.15) is 17.2 Å². The van der Waals surface area contributed by atoms with Crippen molar-refractivity contribution in [1.29, 1.82) is 0 Å². The second kappa shape index (κ2) is 8.44. The Hall–Kier alpha value is -3.86. The number of nitrogens with one attached hydrogen (secondary N) is 1. The van der Waals surface area contributed by atoms with Crippen molar-refractivity contribution < 1.29 is 4.74 Å². The van der Waals surface area contributed by atoms with Crippen LogP contribution < -0.4 is 15.3 Å². The van der Waals surface area contributed by atoms with E-state index < -0.39 is 0 Å². The average Bonchev–Trinajstić information content (AvgIpc) is 2.79. The number of aromatic amines is 1. The number of methoxy groups -OCH3 is 1. The van der Waals surface area contributed by atoms with Crippen LogP contribution in [0.5, 0.6) is 5.75 Å². The van der Waals surface area contributed by atoms with E-state index in [-0.39, 0.29) is 11.7 Å². The van der Waals surface area contributed by atoms with Gasteiger partial charge in [-0.25, -0.2) is 9.78 Å². The molecule has 0 radical (unpaired) electrons. The van der Waals surface area contributed by atoms with Crippen molar-refractivity contribution in [2.45, 2.75) is 6.04 Å². The van der Waals surface area contributed by atoms with Gasteiger partial charge in [0.05, 0.1) is 13.2 Å². The first kappa shape index (κ1) is 18.5. The highest BCUT2D eigenvalue weighted by Gasteiger charge is 2.25. The van der Waals surface area contributed by atoms with Gasteiger partial charge in [0.15, 0.2) is 0 Å². The molecule has 0 spiro atoms. The Labute approximate surface area is 169 Å². The molecule has 0 bridgehead atoms. The number of rotatable bonds is 6. The Morgan fingerprint density at radius 1 is 0.828 bits per heavy atom. The second-order valence-electron chi connectivity index (χ2n) is 6.55. The number of benzene rings is 3. The predicted octanol–water partition coefficient (Wildman–Crippen LogP) is 4.71. The fourth-order valence-electron chi connectivity index (χ4n) is 3.43. The molecule has 0 amide bonds. The molecule has 4 aromatic rings. The summed E-state index contributed by atoms with van der Waals surface area (Å²) >= 11 is 0. The topological polar surface area (TPSA) is 58.2 Å². The number of hydrogen-bond acceptors (Lipinski definition) is 4. The Morgan fingerprint density at radius 2 is 1.41 bits per heavy atom. The van der Waals surface area contributed by atoms with Crippen LogP contribution in [0.25, 0.3) is 0 Å². The maximum absolute atomic E-state index is 12.0. The van der Waals surface area contributed by atoms with Crippen LogP contribution in [0, 0.1) is 0 Å². The molecule has 0 unspecified atom stereocenters. The molecule has 5 nitrogen and oxygen atoms in total. The summed E-state index contributed by atoms with van der Waals surface area (Å²) in [7, 11) is 1.64. The van der Waals surface area contributed by atoms with Crippen molar-refractivity contribution in [1.82, 2.24) is 9.97 Å². The highest BCUT2D eigenvalue weighted by molar-refractivity contribution is 5.64. The summed E-state index contributed by atoms with van der Waals surface area (Å²) < 4.78 is 5.32. The van der Waals surface area contributed by atoms with E-state index in [2.05, 4.69) is 39.1 Å². The lowest BCUT2D eigenvalue weighted by atomic mass is 9.96. The standard InChI is InChI=1S/C24H21N3O2/c1-29-21-14-12-20(13-15-21)27(22-16-17-25-24(28)26-22)23(18-8-4-2-5-9-18)19-10-6-3-7-11-19/h2-17,23H,1H3,(H,25,26,28). The molecule has 1 aromatic heterocycles. The zero-order valence-electron chi connectivity index (χ0n) is 16.0. The Bertz CT molecular complexity index is 1070.